The summed E-state index contributed by atoms with van der Waals surface area (Å²) in [5, 5.41) is 8.22. The molecule has 11 heteroatoms. The number of alkyl halides is 3. The molecule has 1 atom stereocenters. The van der Waals surface area contributed by atoms with Gasteiger partial charge in [0.05, 0.1) is 12.1 Å². The van der Waals surface area contributed by atoms with Crippen molar-refractivity contribution in [3.05, 3.63) is 35.4 Å². The molecule has 0 radical (unpaired) electrons. The molecule has 3 N–H and O–H groups in total. The molecule has 1 saturated carbocycles. The van der Waals surface area contributed by atoms with Crippen LogP contribution in [-0.2, 0) is 15.7 Å². The second-order valence-electron chi connectivity index (χ2n) is 10.5. The van der Waals surface area contributed by atoms with E-state index in [-0.39, 0.29) is 30.1 Å². The van der Waals surface area contributed by atoms with Crippen LogP contribution in [0.1, 0.15) is 68.8 Å². The molecule has 2 fully saturated rings. The van der Waals surface area contributed by atoms with Crippen LogP contribution in [-0.4, -0.2) is 66.2 Å². The van der Waals surface area contributed by atoms with Crippen LogP contribution in [0.3, 0.4) is 0 Å². The van der Waals surface area contributed by atoms with Gasteiger partial charge in [-0.05, 0) is 71.1 Å². The van der Waals surface area contributed by atoms with Crippen LogP contribution in [0.4, 0.5) is 18.0 Å². The molecule has 0 aromatic heterocycles. The Labute approximate surface area is 209 Å². The highest BCUT2D eigenvalue weighted by atomic mass is 19.4. The van der Waals surface area contributed by atoms with Crippen LogP contribution < -0.4 is 16.0 Å². The van der Waals surface area contributed by atoms with Gasteiger partial charge in [-0.1, -0.05) is 6.07 Å². The van der Waals surface area contributed by atoms with Gasteiger partial charge < -0.3 is 20.7 Å². The van der Waals surface area contributed by atoms with E-state index in [1.165, 1.54) is 6.07 Å². The molecule has 1 aliphatic carbocycles. The number of ether oxygens (including phenoxy) is 1. The molecule has 3 amide bonds. The molecule has 3 rings (SSSR count). The molecule has 1 heterocycles. The van der Waals surface area contributed by atoms with Gasteiger partial charge in [-0.15, -0.1) is 0 Å². The van der Waals surface area contributed by atoms with Gasteiger partial charge in [0, 0.05) is 36.8 Å². The predicted octanol–water partition coefficient (Wildman–Crippen LogP) is 3.46. The zero-order chi connectivity index (χ0) is 26.5. The summed E-state index contributed by atoms with van der Waals surface area (Å²) in [7, 11) is 0. The molecule has 0 unspecified atom stereocenters. The Morgan fingerprint density at radius 2 is 1.69 bits per heavy atom. The maximum atomic E-state index is 12.8. The van der Waals surface area contributed by atoms with Crippen molar-refractivity contribution in [3.8, 4) is 0 Å². The summed E-state index contributed by atoms with van der Waals surface area (Å²) in [5.41, 5.74) is -1.60. The monoisotopic (exact) mass is 512 g/mol. The largest absolute Gasteiger partial charge is 0.444 e. The number of benzene rings is 1. The number of alkyl carbamates (subject to hydrolysis) is 1. The molecule has 0 spiro atoms. The first-order chi connectivity index (χ1) is 16.8. The van der Waals surface area contributed by atoms with Gasteiger partial charge >= 0.3 is 12.3 Å². The summed E-state index contributed by atoms with van der Waals surface area (Å²) in [6.07, 6.45) is -0.561. The molecule has 1 aromatic rings. The van der Waals surface area contributed by atoms with Gasteiger partial charge in [0.2, 0.25) is 5.91 Å². The van der Waals surface area contributed by atoms with Gasteiger partial charge in [0.1, 0.15) is 5.60 Å². The number of hydrogen-bond acceptors (Lipinski definition) is 5. The third-order valence-electron chi connectivity index (χ3n) is 6.38. The Kier molecular flexibility index (Phi) is 8.86. The highest BCUT2D eigenvalue weighted by molar-refractivity contribution is 5.96. The average Bonchev–Trinajstić information content (AvgIpc) is 3.24. The van der Waals surface area contributed by atoms with E-state index >= 15 is 0 Å². The molecular formula is C25H35F3N4O4. The van der Waals surface area contributed by atoms with Crippen LogP contribution >= 0.6 is 0 Å². The third-order valence-corrected chi connectivity index (χ3v) is 6.38. The fourth-order valence-electron chi connectivity index (χ4n) is 4.67. The summed E-state index contributed by atoms with van der Waals surface area (Å²) in [4.78, 5) is 38.8. The summed E-state index contributed by atoms with van der Waals surface area (Å²) in [6.45, 7) is 6.72. The fraction of sp³-hybridized carbons (Fsp3) is 0.640. The molecule has 2 aliphatic rings. The topological polar surface area (TPSA) is 99.8 Å². The summed E-state index contributed by atoms with van der Waals surface area (Å²) in [5.74, 6) is -1.12. The maximum Gasteiger partial charge on any atom is 0.416 e. The lowest BCUT2D eigenvalue weighted by atomic mass is 9.90. The molecule has 0 bridgehead atoms. The van der Waals surface area contributed by atoms with E-state index in [9.17, 15) is 27.6 Å². The number of amides is 3. The lowest BCUT2D eigenvalue weighted by Crippen LogP contribution is -2.46. The Morgan fingerprint density at radius 1 is 1.00 bits per heavy atom. The number of likely N-dealkylation sites (tertiary alicyclic amines) is 1. The number of nitrogens with zero attached hydrogens (tertiary/aromatic N) is 1. The Morgan fingerprint density at radius 3 is 2.33 bits per heavy atom. The van der Waals surface area contributed by atoms with Crippen molar-refractivity contribution < 1.29 is 32.3 Å². The Bertz CT molecular complexity index is 940. The second-order valence-corrected chi connectivity index (χ2v) is 10.5. The summed E-state index contributed by atoms with van der Waals surface area (Å²) in [6, 6.07) is 4.50. The van der Waals surface area contributed by atoms with Crippen molar-refractivity contribution in [3.63, 3.8) is 0 Å². The zero-order valence-corrected chi connectivity index (χ0v) is 20.9. The number of nitrogens with one attached hydrogen (secondary N) is 3. The lowest BCUT2D eigenvalue weighted by molar-refractivity contribution is -0.137. The van der Waals surface area contributed by atoms with Gasteiger partial charge in [-0.2, -0.15) is 13.2 Å². The first-order valence-corrected chi connectivity index (χ1v) is 12.3. The van der Waals surface area contributed by atoms with E-state index in [1.54, 1.807) is 0 Å². The molecular weight excluding hydrogens is 477 g/mol. The van der Waals surface area contributed by atoms with Crippen LogP contribution in [0, 0.1) is 0 Å². The molecule has 200 valence electrons. The highest BCUT2D eigenvalue weighted by Gasteiger charge is 2.33. The predicted molar refractivity (Wildman–Crippen MR) is 127 cm³/mol. The van der Waals surface area contributed by atoms with Crippen LogP contribution in [0.2, 0.25) is 0 Å². The first-order valence-electron chi connectivity index (χ1n) is 12.3. The number of carbonyl (C=O) groups excluding carboxylic acids is 3. The van der Waals surface area contributed by atoms with E-state index in [0.717, 1.165) is 56.8 Å². The van der Waals surface area contributed by atoms with Gasteiger partial charge in [0.25, 0.3) is 5.91 Å². The van der Waals surface area contributed by atoms with E-state index < -0.39 is 29.3 Å². The quantitative estimate of drug-likeness (QED) is 0.542. The van der Waals surface area contributed by atoms with Crippen molar-refractivity contribution in [2.45, 2.75) is 82.8 Å². The van der Waals surface area contributed by atoms with Gasteiger partial charge in [0.15, 0.2) is 0 Å². The second kappa shape index (κ2) is 11.5. The molecule has 1 aliphatic heterocycles. The van der Waals surface area contributed by atoms with E-state index in [0.29, 0.717) is 12.6 Å². The van der Waals surface area contributed by atoms with Crippen molar-refractivity contribution in [2.24, 2.45) is 0 Å². The van der Waals surface area contributed by atoms with Crippen molar-refractivity contribution in [1.82, 2.24) is 20.9 Å². The average molecular weight is 513 g/mol. The van der Waals surface area contributed by atoms with Crippen LogP contribution in [0.5, 0.6) is 0 Å². The van der Waals surface area contributed by atoms with Crippen LogP contribution in [0.15, 0.2) is 24.3 Å². The molecule has 1 saturated heterocycles. The number of rotatable bonds is 6. The lowest BCUT2D eigenvalue weighted by Gasteiger charge is -2.35. The molecule has 8 nitrogen and oxygen atoms in total. The minimum absolute atomic E-state index is 0.0550. The van der Waals surface area contributed by atoms with Crippen LogP contribution in [0.25, 0.3) is 0 Å². The number of hydrogen-bond donors (Lipinski definition) is 3. The van der Waals surface area contributed by atoms with Crippen molar-refractivity contribution in [2.75, 3.05) is 19.6 Å². The fourth-order valence-corrected chi connectivity index (χ4v) is 4.67. The van der Waals surface area contributed by atoms with Crippen molar-refractivity contribution >= 4 is 17.9 Å². The zero-order valence-electron chi connectivity index (χ0n) is 20.9. The number of carbonyl (C=O) groups is 3. The Hall–Kier alpha value is -2.82. The third kappa shape index (κ3) is 8.39. The Balaban J connectivity index is 1.37. The summed E-state index contributed by atoms with van der Waals surface area (Å²) >= 11 is 0. The smallest absolute Gasteiger partial charge is 0.416 e. The van der Waals surface area contributed by atoms with E-state index in [1.807, 2.05) is 20.8 Å². The van der Waals surface area contributed by atoms with Gasteiger partial charge in [-0.25, -0.2) is 4.79 Å². The minimum Gasteiger partial charge on any atom is -0.444 e. The number of halogens is 3. The normalized spacial score (nSPS) is 23.1. The first kappa shape index (κ1) is 27.8. The SMILES string of the molecule is CC(C)(C)OC(=O)NC1CCC(N2CC[C@@H](NC(=O)CNC(=O)c3cccc(C(F)(F)F)c3)C2)CC1. The minimum atomic E-state index is -4.55. The van der Waals surface area contributed by atoms with Gasteiger partial charge in [-0.3, -0.25) is 14.5 Å². The standard InChI is InChI=1S/C25H35F3N4O4/c1-24(2,3)36-23(35)31-18-7-9-20(10-8-18)32-12-11-19(15-32)30-21(33)14-29-22(34)16-5-4-6-17(13-16)25(26,27)28/h4-6,13,18-20H,7-12,14-15H2,1-3H3,(H,29,34)(H,30,33)(H,31,35)/t18?,19-,20?/m1/s1. The maximum absolute atomic E-state index is 12.8. The van der Waals surface area contributed by atoms with Crippen molar-refractivity contribution in [1.29, 1.82) is 0 Å². The van der Waals surface area contributed by atoms with E-state index in [4.69, 9.17) is 4.74 Å². The summed E-state index contributed by atoms with van der Waals surface area (Å²) < 4.78 is 43.8. The van der Waals surface area contributed by atoms with E-state index in [2.05, 4.69) is 20.9 Å². The highest BCUT2D eigenvalue weighted by Crippen LogP contribution is 2.29. The molecule has 1 aromatic carbocycles. The molecule has 36 heavy (non-hydrogen) atoms.